The van der Waals surface area contributed by atoms with Crippen LogP contribution in [-0.4, -0.2) is 11.9 Å². The van der Waals surface area contributed by atoms with Crippen molar-refractivity contribution in [3.8, 4) is 0 Å². The van der Waals surface area contributed by atoms with Crippen molar-refractivity contribution in [3.63, 3.8) is 0 Å². The fourth-order valence-corrected chi connectivity index (χ4v) is 0.408. The van der Waals surface area contributed by atoms with E-state index in [9.17, 15) is 19.8 Å². The Balaban J connectivity index is -0.000000143. The van der Waals surface area contributed by atoms with Crippen molar-refractivity contribution >= 4 is 11.9 Å². The molecular weight excluding hydrogens is 219 g/mol. The summed E-state index contributed by atoms with van der Waals surface area (Å²) in [7, 11) is 0. The van der Waals surface area contributed by atoms with E-state index in [0.717, 1.165) is 0 Å². The van der Waals surface area contributed by atoms with Gasteiger partial charge in [0, 0.05) is 11.9 Å². The van der Waals surface area contributed by atoms with E-state index in [1.807, 2.05) is 0 Å². The zero-order chi connectivity index (χ0) is 9.98. The molecule has 79 valence electrons. The maximum Gasteiger partial charge on any atom is 2.00 e. The smallest absolute Gasteiger partial charge is 0.550 e. The van der Waals surface area contributed by atoms with Gasteiger partial charge in [0.15, 0.2) is 0 Å². The van der Waals surface area contributed by atoms with Crippen LogP contribution in [0.15, 0.2) is 0 Å². The number of hydrogen-bond donors (Lipinski definition) is 0. The van der Waals surface area contributed by atoms with Crippen LogP contribution in [0.25, 0.3) is 0 Å². The molecule has 0 aromatic heterocycles. The number of rotatable bonds is 4. The second-order valence-electron chi connectivity index (χ2n) is 2.24. The van der Waals surface area contributed by atoms with E-state index in [1.165, 1.54) is 0 Å². The third-order valence-corrected chi connectivity index (χ3v) is 0.908. The molecule has 0 saturated carbocycles. The van der Waals surface area contributed by atoms with Gasteiger partial charge in [-0.3, -0.25) is 0 Å². The maximum absolute atomic E-state index is 9.49. The third-order valence-electron chi connectivity index (χ3n) is 0.908. The van der Waals surface area contributed by atoms with Crippen molar-refractivity contribution in [3.05, 3.63) is 0 Å². The minimum Gasteiger partial charge on any atom is -0.550 e. The van der Waals surface area contributed by atoms with Gasteiger partial charge in [-0.2, -0.15) is 0 Å². The Morgan fingerprint density at radius 1 is 0.923 bits per heavy atom. The number of carbonyl (C=O) groups is 2. The molecule has 0 N–H and O–H groups in total. The van der Waals surface area contributed by atoms with Crippen LogP contribution in [0, 0.1) is 0 Å². The SMILES string of the molecule is CCCC(=O)[O-].CCCC(=O)[O-].[Co+2]. The molecule has 0 aromatic carbocycles. The van der Waals surface area contributed by atoms with Crippen LogP contribution >= 0.6 is 0 Å². The minimum atomic E-state index is -0.961. The molecule has 0 saturated heterocycles. The van der Waals surface area contributed by atoms with Crippen LogP contribution in [0.4, 0.5) is 0 Å². The number of aliphatic carboxylic acids is 2. The summed E-state index contributed by atoms with van der Waals surface area (Å²) in [5.74, 6) is -1.92. The standard InChI is InChI=1S/2C4H8O2.Co/c2*1-2-3-4(5)6;/h2*2-3H2,1H3,(H,5,6);/q;;+2/p-2. The summed E-state index contributed by atoms with van der Waals surface area (Å²) in [6.07, 6.45) is 1.70. The summed E-state index contributed by atoms with van der Waals surface area (Å²) in [6, 6.07) is 0. The fourth-order valence-electron chi connectivity index (χ4n) is 0.408. The molecule has 0 fully saturated rings. The Labute approximate surface area is 88.5 Å². The van der Waals surface area contributed by atoms with Gasteiger partial charge in [-0.05, 0) is 12.8 Å². The Kier molecular flexibility index (Phi) is 19.7. The number of hydrogen-bond acceptors (Lipinski definition) is 4. The van der Waals surface area contributed by atoms with E-state index in [4.69, 9.17) is 0 Å². The van der Waals surface area contributed by atoms with Gasteiger partial charge in [-0.25, -0.2) is 0 Å². The van der Waals surface area contributed by atoms with Crippen LogP contribution in [-0.2, 0) is 26.4 Å². The minimum absolute atomic E-state index is 0. The Hall–Kier alpha value is -0.554. The monoisotopic (exact) mass is 233 g/mol. The molecule has 1 radical (unpaired) electrons. The molecule has 0 bridgehead atoms. The summed E-state index contributed by atoms with van der Waals surface area (Å²) < 4.78 is 0. The van der Waals surface area contributed by atoms with Crippen LogP contribution in [0.5, 0.6) is 0 Å². The second kappa shape index (κ2) is 14.0. The molecule has 0 aromatic rings. The molecule has 0 rings (SSSR count). The van der Waals surface area contributed by atoms with Crippen LogP contribution in [0.2, 0.25) is 0 Å². The Morgan fingerprint density at radius 3 is 1.15 bits per heavy atom. The number of carbonyl (C=O) groups excluding carboxylic acids is 2. The third kappa shape index (κ3) is 34.4. The zero-order valence-electron chi connectivity index (χ0n) is 7.79. The van der Waals surface area contributed by atoms with Gasteiger partial charge in [0.1, 0.15) is 0 Å². The molecule has 0 atom stereocenters. The van der Waals surface area contributed by atoms with Gasteiger partial charge in [-0.1, -0.05) is 26.7 Å². The van der Waals surface area contributed by atoms with E-state index >= 15 is 0 Å². The Morgan fingerprint density at radius 2 is 1.15 bits per heavy atom. The first kappa shape index (κ1) is 18.3. The van der Waals surface area contributed by atoms with Crippen molar-refractivity contribution in [2.75, 3.05) is 0 Å². The van der Waals surface area contributed by atoms with Gasteiger partial charge in [0.25, 0.3) is 0 Å². The predicted molar refractivity (Wildman–Crippen MR) is 39.8 cm³/mol. The van der Waals surface area contributed by atoms with Crippen molar-refractivity contribution < 1.29 is 36.6 Å². The van der Waals surface area contributed by atoms with Crippen LogP contribution in [0.3, 0.4) is 0 Å². The average molecular weight is 233 g/mol. The largest absolute Gasteiger partial charge is 2.00 e. The van der Waals surface area contributed by atoms with E-state index in [0.29, 0.717) is 12.8 Å². The normalized spacial score (nSPS) is 7.54. The number of carboxylic acid groups (broad SMARTS) is 2. The first-order chi connectivity index (χ1) is 5.54. The van der Waals surface area contributed by atoms with E-state index in [2.05, 4.69) is 0 Å². The van der Waals surface area contributed by atoms with E-state index in [-0.39, 0.29) is 29.6 Å². The average Bonchev–Trinajstić information content (AvgIpc) is 1.87. The van der Waals surface area contributed by atoms with Gasteiger partial charge < -0.3 is 19.8 Å². The van der Waals surface area contributed by atoms with Crippen molar-refractivity contribution in [1.29, 1.82) is 0 Å². The van der Waals surface area contributed by atoms with E-state index < -0.39 is 11.9 Å². The molecule has 0 aliphatic rings. The summed E-state index contributed by atoms with van der Waals surface area (Å²) in [5, 5.41) is 19.0. The predicted octanol–water partition coefficient (Wildman–Crippen LogP) is -0.930. The Bertz CT molecular complexity index is 120. The molecule has 0 aliphatic heterocycles. The molecule has 5 heteroatoms. The van der Waals surface area contributed by atoms with Crippen molar-refractivity contribution in [1.82, 2.24) is 0 Å². The van der Waals surface area contributed by atoms with Crippen LogP contribution in [0.1, 0.15) is 39.5 Å². The zero-order valence-corrected chi connectivity index (χ0v) is 8.84. The van der Waals surface area contributed by atoms with Gasteiger partial charge in [0.05, 0.1) is 0 Å². The summed E-state index contributed by atoms with van der Waals surface area (Å²) >= 11 is 0. The molecule has 4 nitrogen and oxygen atoms in total. The quantitative estimate of drug-likeness (QED) is 0.628. The topological polar surface area (TPSA) is 80.3 Å². The van der Waals surface area contributed by atoms with E-state index in [1.54, 1.807) is 13.8 Å². The maximum atomic E-state index is 9.49. The van der Waals surface area contributed by atoms with Gasteiger partial charge in [-0.15, -0.1) is 0 Å². The summed E-state index contributed by atoms with van der Waals surface area (Å²) in [6.45, 7) is 3.60. The van der Waals surface area contributed by atoms with Crippen molar-refractivity contribution in [2.24, 2.45) is 0 Å². The first-order valence-electron chi connectivity index (χ1n) is 3.94. The first-order valence-corrected chi connectivity index (χ1v) is 3.94. The molecule has 0 heterocycles. The molecule has 0 unspecified atom stereocenters. The fraction of sp³-hybridized carbons (Fsp3) is 0.750. The van der Waals surface area contributed by atoms with Gasteiger partial charge in [0.2, 0.25) is 0 Å². The second-order valence-corrected chi connectivity index (χ2v) is 2.24. The molecule has 0 spiro atoms. The summed E-state index contributed by atoms with van der Waals surface area (Å²) in [5.41, 5.74) is 0. The molecule has 13 heavy (non-hydrogen) atoms. The van der Waals surface area contributed by atoms with Crippen molar-refractivity contribution in [2.45, 2.75) is 39.5 Å². The summed E-state index contributed by atoms with van der Waals surface area (Å²) in [4.78, 5) is 19.0. The van der Waals surface area contributed by atoms with Crippen LogP contribution < -0.4 is 10.2 Å². The molecular formula is C8H14CoO4. The molecule has 0 amide bonds. The molecule has 0 aliphatic carbocycles. The van der Waals surface area contributed by atoms with Gasteiger partial charge >= 0.3 is 16.8 Å². The number of carboxylic acids is 2.